The van der Waals surface area contributed by atoms with Crippen LogP contribution in [-0.4, -0.2) is 36.8 Å². The first-order valence-corrected chi connectivity index (χ1v) is 7.53. The maximum absolute atomic E-state index is 13.3. The minimum Gasteiger partial charge on any atom is -0.444 e. The molecule has 1 aliphatic rings. The van der Waals surface area contributed by atoms with Gasteiger partial charge in [0.2, 0.25) is 0 Å². The molecule has 1 aliphatic heterocycles. The van der Waals surface area contributed by atoms with E-state index in [9.17, 15) is 9.18 Å². The summed E-state index contributed by atoms with van der Waals surface area (Å²) in [6.07, 6.45) is 0.227. The van der Waals surface area contributed by atoms with Crippen molar-refractivity contribution in [2.75, 3.05) is 20.2 Å². The summed E-state index contributed by atoms with van der Waals surface area (Å²) in [5.41, 5.74) is -0.476. The Morgan fingerprint density at radius 1 is 1.41 bits per heavy atom. The molecule has 1 aromatic rings. The number of rotatable bonds is 2. The zero-order valence-corrected chi connectivity index (χ0v) is 14.0. The van der Waals surface area contributed by atoms with Crippen LogP contribution >= 0.6 is 11.6 Å². The molecule has 0 spiro atoms. The largest absolute Gasteiger partial charge is 0.444 e. The van der Waals surface area contributed by atoms with E-state index in [0.717, 1.165) is 5.56 Å². The standard InChI is InChI=1S/C16H21ClFNO3/c1-15(2,3)22-14(20)19-8-7-16(10-19,21-4)11-5-6-13(18)12(17)9-11/h5-6,9H,7-8,10H2,1-4H3. The van der Waals surface area contributed by atoms with Gasteiger partial charge in [0.1, 0.15) is 17.0 Å². The first-order chi connectivity index (χ1) is 10.2. The second-order valence-corrected chi connectivity index (χ2v) is 6.89. The molecule has 1 heterocycles. The monoisotopic (exact) mass is 329 g/mol. The van der Waals surface area contributed by atoms with Crippen LogP contribution in [0.15, 0.2) is 18.2 Å². The number of ether oxygens (including phenoxy) is 2. The number of carbonyl (C=O) groups is 1. The van der Waals surface area contributed by atoms with E-state index in [4.69, 9.17) is 21.1 Å². The molecule has 0 N–H and O–H groups in total. The van der Waals surface area contributed by atoms with Crippen LogP contribution in [-0.2, 0) is 15.1 Å². The Morgan fingerprint density at radius 3 is 2.64 bits per heavy atom. The molecule has 22 heavy (non-hydrogen) atoms. The number of carbonyl (C=O) groups excluding carboxylic acids is 1. The van der Waals surface area contributed by atoms with Crippen molar-refractivity contribution in [1.29, 1.82) is 0 Å². The Kier molecular flexibility index (Phi) is 4.68. The molecule has 1 amide bonds. The zero-order valence-electron chi connectivity index (χ0n) is 13.3. The van der Waals surface area contributed by atoms with Gasteiger partial charge in [0, 0.05) is 20.1 Å². The first-order valence-electron chi connectivity index (χ1n) is 7.15. The number of hydrogen-bond donors (Lipinski definition) is 0. The summed E-state index contributed by atoms with van der Waals surface area (Å²) >= 11 is 5.86. The third-order valence-electron chi connectivity index (χ3n) is 3.72. The van der Waals surface area contributed by atoms with Crippen LogP contribution < -0.4 is 0 Å². The quantitative estimate of drug-likeness (QED) is 0.824. The fourth-order valence-corrected chi connectivity index (χ4v) is 2.74. The molecule has 1 atom stereocenters. The molecular formula is C16H21ClFNO3. The normalized spacial score (nSPS) is 22.0. The van der Waals surface area contributed by atoms with Gasteiger partial charge >= 0.3 is 6.09 Å². The van der Waals surface area contributed by atoms with Gasteiger partial charge in [-0.25, -0.2) is 9.18 Å². The number of hydrogen-bond acceptors (Lipinski definition) is 3. The van der Waals surface area contributed by atoms with Gasteiger partial charge in [-0.3, -0.25) is 0 Å². The second-order valence-electron chi connectivity index (χ2n) is 6.48. The lowest BCUT2D eigenvalue weighted by Crippen LogP contribution is -2.38. The van der Waals surface area contributed by atoms with Crippen molar-refractivity contribution in [2.24, 2.45) is 0 Å². The number of methoxy groups -OCH3 is 1. The Labute approximate surface area is 135 Å². The van der Waals surface area contributed by atoms with E-state index in [-0.39, 0.29) is 11.1 Å². The third-order valence-corrected chi connectivity index (χ3v) is 4.01. The van der Waals surface area contributed by atoms with Gasteiger partial charge in [0.25, 0.3) is 0 Å². The number of benzene rings is 1. The molecule has 1 aromatic carbocycles. The van der Waals surface area contributed by atoms with Crippen molar-refractivity contribution in [1.82, 2.24) is 4.90 Å². The molecule has 122 valence electrons. The molecule has 0 saturated carbocycles. The molecule has 1 saturated heterocycles. The number of amides is 1. The Bertz CT molecular complexity index is 573. The van der Waals surface area contributed by atoms with Gasteiger partial charge in [-0.1, -0.05) is 17.7 Å². The van der Waals surface area contributed by atoms with E-state index < -0.39 is 17.0 Å². The Morgan fingerprint density at radius 2 is 2.09 bits per heavy atom. The van der Waals surface area contributed by atoms with Gasteiger partial charge in [-0.2, -0.15) is 0 Å². The Hall–Kier alpha value is -1.33. The summed E-state index contributed by atoms with van der Waals surface area (Å²) < 4.78 is 24.4. The molecule has 2 rings (SSSR count). The van der Waals surface area contributed by atoms with E-state index >= 15 is 0 Å². The summed E-state index contributed by atoms with van der Waals surface area (Å²) in [7, 11) is 1.58. The molecular weight excluding hydrogens is 309 g/mol. The predicted molar refractivity (Wildman–Crippen MR) is 82.5 cm³/mol. The highest BCUT2D eigenvalue weighted by molar-refractivity contribution is 6.30. The minimum atomic E-state index is -0.686. The molecule has 0 bridgehead atoms. The summed E-state index contributed by atoms with van der Waals surface area (Å²) in [4.78, 5) is 13.8. The van der Waals surface area contributed by atoms with Crippen molar-refractivity contribution < 1.29 is 18.7 Å². The minimum absolute atomic E-state index is 0.0460. The van der Waals surface area contributed by atoms with E-state index in [1.54, 1.807) is 24.1 Å². The van der Waals surface area contributed by atoms with Crippen LogP contribution in [0.1, 0.15) is 32.8 Å². The van der Waals surface area contributed by atoms with Crippen LogP contribution in [0.3, 0.4) is 0 Å². The van der Waals surface area contributed by atoms with Gasteiger partial charge in [0.15, 0.2) is 0 Å². The van der Waals surface area contributed by atoms with Crippen LogP contribution in [0.4, 0.5) is 9.18 Å². The molecule has 0 aromatic heterocycles. The Balaban J connectivity index is 2.19. The predicted octanol–water partition coefficient (Wildman–Crippen LogP) is 3.96. The summed E-state index contributed by atoms with van der Waals surface area (Å²) in [5, 5.41) is 0.0460. The fraction of sp³-hybridized carbons (Fsp3) is 0.562. The van der Waals surface area contributed by atoms with Gasteiger partial charge in [-0.15, -0.1) is 0 Å². The molecule has 6 heteroatoms. The molecule has 0 aliphatic carbocycles. The molecule has 1 unspecified atom stereocenters. The van der Waals surface area contributed by atoms with Crippen LogP contribution in [0.25, 0.3) is 0 Å². The lowest BCUT2D eigenvalue weighted by atomic mass is 9.92. The molecule has 1 fully saturated rings. The third kappa shape index (κ3) is 3.52. The van der Waals surface area contributed by atoms with Gasteiger partial charge in [-0.05, 0) is 38.5 Å². The maximum atomic E-state index is 13.3. The topological polar surface area (TPSA) is 38.8 Å². The van der Waals surface area contributed by atoms with Crippen LogP contribution in [0, 0.1) is 5.82 Å². The SMILES string of the molecule is COC1(c2ccc(F)c(Cl)c2)CCN(C(=O)OC(C)(C)C)C1. The van der Waals surface area contributed by atoms with E-state index in [1.807, 2.05) is 20.8 Å². The highest BCUT2D eigenvalue weighted by Gasteiger charge is 2.43. The molecule has 4 nitrogen and oxygen atoms in total. The van der Waals surface area contributed by atoms with Crippen molar-refractivity contribution in [3.05, 3.63) is 34.6 Å². The summed E-state index contributed by atoms with van der Waals surface area (Å²) in [6, 6.07) is 4.51. The van der Waals surface area contributed by atoms with Crippen LogP contribution in [0.2, 0.25) is 5.02 Å². The summed E-state index contributed by atoms with van der Waals surface area (Å²) in [5.74, 6) is -0.473. The van der Waals surface area contributed by atoms with Crippen LogP contribution in [0.5, 0.6) is 0 Å². The lowest BCUT2D eigenvalue weighted by Gasteiger charge is -2.29. The second kappa shape index (κ2) is 6.05. The van der Waals surface area contributed by atoms with Crippen molar-refractivity contribution in [3.8, 4) is 0 Å². The summed E-state index contributed by atoms with van der Waals surface area (Å²) in [6.45, 7) is 6.33. The highest BCUT2D eigenvalue weighted by atomic mass is 35.5. The maximum Gasteiger partial charge on any atom is 0.410 e. The van der Waals surface area contributed by atoms with Gasteiger partial charge in [0.05, 0.1) is 11.6 Å². The van der Waals surface area contributed by atoms with E-state index in [2.05, 4.69) is 0 Å². The zero-order chi connectivity index (χ0) is 16.5. The smallest absolute Gasteiger partial charge is 0.410 e. The molecule has 0 radical (unpaired) electrons. The number of likely N-dealkylation sites (tertiary alicyclic amines) is 1. The average molecular weight is 330 g/mol. The number of halogens is 2. The average Bonchev–Trinajstić information content (AvgIpc) is 2.86. The fourth-order valence-electron chi connectivity index (χ4n) is 2.56. The lowest BCUT2D eigenvalue weighted by molar-refractivity contribution is -0.0131. The first kappa shape index (κ1) is 17.0. The van der Waals surface area contributed by atoms with E-state index in [0.29, 0.717) is 19.5 Å². The van der Waals surface area contributed by atoms with Crippen molar-refractivity contribution >= 4 is 17.7 Å². The van der Waals surface area contributed by atoms with Crippen molar-refractivity contribution in [2.45, 2.75) is 38.4 Å². The number of nitrogens with zero attached hydrogens (tertiary/aromatic N) is 1. The highest BCUT2D eigenvalue weighted by Crippen LogP contribution is 2.37. The van der Waals surface area contributed by atoms with E-state index in [1.165, 1.54) is 6.07 Å². The van der Waals surface area contributed by atoms with Gasteiger partial charge < -0.3 is 14.4 Å². The van der Waals surface area contributed by atoms with Crippen molar-refractivity contribution in [3.63, 3.8) is 0 Å².